The number of amides is 1. The molecule has 0 aliphatic heterocycles. The molecule has 0 radical (unpaired) electrons. The molecule has 1 amide bonds. The Morgan fingerprint density at radius 2 is 2.33 bits per heavy atom. The topological polar surface area (TPSA) is 46.9 Å². The fourth-order valence-electron chi connectivity index (χ4n) is 4.20. The molecule has 1 aromatic rings. The highest BCUT2D eigenvalue weighted by Gasteiger charge is 2.42. The molecule has 2 fully saturated rings. The lowest BCUT2D eigenvalue weighted by Gasteiger charge is -2.28. The van der Waals surface area contributed by atoms with Gasteiger partial charge in [0.2, 0.25) is 5.91 Å². The molecule has 1 aromatic heterocycles. The summed E-state index contributed by atoms with van der Waals surface area (Å²) < 4.78 is 3.08. The Balaban J connectivity index is 1.47. The summed E-state index contributed by atoms with van der Waals surface area (Å²) in [4.78, 5) is 12.2. The van der Waals surface area contributed by atoms with Crippen LogP contribution < -0.4 is 5.32 Å². The first-order valence-electron chi connectivity index (χ1n) is 8.02. The van der Waals surface area contributed by atoms with Gasteiger partial charge in [0.05, 0.1) is 9.77 Å². The van der Waals surface area contributed by atoms with Gasteiger partial charge in [0, 0.05) is 24.7 Å². The zero-order valence-corrected chi connectivity index (χ0v) is 15.0. The average molecular weight is 401 g/mol. The van der Waals surface area contributed by atoms with Crippen molar-refractivity contribution in [2.45, 2.75) is 58.5 Å². The van der Waals surface area contributed by atoms with Gasteiger partial charge in [-0.15, -0.1) is 0 Å². The van der Waals surface area contributed by atoms with E-state index in [2.05, 4.69) is 39.9 Å². The number of halogens is 1. The summed E-state index contributed by atoms with van der Waals surface area (Å²) in [5.74, 6) is 2.67. The minimum absolute atomic E-state index is 0.162. The maximum absolute atomic E-state index is 12.2. The molecule has 116 valence electrons. The molecule has 2 aliphatic rings. The molecule has 4 atom stereocenters. The Bertz CT molecular complexity index is 528. The van der Waals surface area contributed by atoms with Gasteiger partial charge in [-0.25, -0.2) is 0 Å². The molecule has 0 spiro atoms. The van der Waals surface area contributed by atoms with Crippen molar-refractivity contribution in [3.05, 3.63) is 15.5 Å². The lowest BCUT2D eigenvalue weighted by Crippen LogP contribution is -2.40. The van der Waals surface area contributed by atoms with Crippen molar-refractivity contribution in [2.24, 2.45) is 17.8 Å². The average Bonchev–Trinajstić information content (AvgIpc) is 3.15. The zero-order chi connectivity index (χ0) is 15.0. The van der Waals surface area contributed by atoms with Crippen LogP contribution in [0, 0.1) is 28.2 Å². The lowest BCUT2D eigenvalue weighted by molar-refractivity contribution is -0.122. The van der Waals surface area contributed by atoms with Crippen LogP contribution in [0.4, 0.5) is 0 Å². The van der Waals surface area contributed by atoms with Crippen LogP contribution in [0.3, 0.4) is 0 Å². The lowest BCUT2D eigenvalue weighted by atomic mass is 9.84. The van der Waals surface area contributed by atoms with E-state index in [1.54, 1.807) is 0 Å². The fraction of sp³-hybridized carbons (Fsp3) is 0.750. The Kier molecular flexibility index (Phi) is 4.57. The Morgan fingerprint density at radius 3 is 2.90 bits per heavy atom. The molecule has 2 saturated carbocycles. The zero-order valence-electron chi connectivity index (χ0n) is 12.8. The minimum Gasteiger partial charge on any atom is -0.353 e. The van der Waals surface area contributed by atoms with Crippen molar-refractivity contribution in [1.29, 1.82) is 0 Å². The summed E-state index contributed by atoms with van der Waals surface area (Å²) in [6.45, 7) is 4.90. The van der Waals surface area contributed by atoms with Crippen LogP contribution in [0.2, 0.25) is 0 Å². The third-order valence-corrected chi connectivity index (χ3v) is 6.48. The normalized spacial score (nSPS) is 28.8. The number of hydrogen-bond donors (Lipinski definition) is 1. The Morgan fingerprint density at radius 1 is 1.52 bits per heavy atom. The highest BCUT2D eigenvalue weighted by Crippen LogP contribution is 2.49. The number of fused-ring (bicyclic) bond motifs is 2. The molecular weight excluding hydrogens is 377 g/mol. The molecule has 21 heavy (non-hydrogen) atoms. The number of aromatic nitrogens is 2. The van der Waals surface area contributed by atoms with E-state index in [1.165, 1.54) is 25.7 Å². The van der Waals surface area contributed by atoms with E-state index in [-0.39, 0.29) is 5.91 Å². The first-order chi connectivity index (χ1) is 10.0. The summed E-state index contributed by atoms with van der Waals surface area (Å²) >= 11 is 2.27. The molecule has 3 rings (SSSR count). The van der Waals surface area contributed by atoms with Crippen LogP contribution in [-0.2, 0) is 11.3 Å². The van der Waals surface area contributed by atoms with Crippen molar-refractivity contribution in [2.75, 3.05) is 0 Å². The number of carbonyl (C=O) groups excluding carboxylic acids is 1. The van der Waals surface area contributed by atoms with Crippen LogP contribution in [0.1, 0.15) is 44.7 Å². The Hall–Kier alpha value is -0.590. The van der Waals surface area contributed by atoms with E-state index in [0.29, 0.717) is 24.9 Å². The monoisotopic (exact) mass is 401 g/mol. The first-order valence-corrected chi connectivity index (χ1v) is 9.09. The van der Waals surface area contributed by atoms with E-state index >= 15 is 0 Å². The maximum Gasteiger partial charge on any atom is 0.222 e. The SMILES string of the molecule is Cc1c(I)cnn1CCC(=O)N[C@H](C)[C@H]1C[C@@H]2CC[C@@H]1C2. The Labute approximate surface area is 140 Å². The van der Waals surface area contributed by atoms with Crippen LogP contribution in [-0.4, -0.2) is 21.7 Å². The van der Waals surface area contributed by atoms with Crippen LogP contribution >= 0.6 is 22.6 Å². The highest BCUT2D eigenvalue weighted by atomic mass is 127. The van der Waals surface area contributed by atoms with Crippen molar-refractivity contribution >= 4 is 28.5 Å². The number of hydrogen-bond acceptors (Lipinski definition) is 2. The van der Waals surface area contributed by atoms with Crippen LogP contribution in [0.25, 0.3) is 0 Å². The molecule has 4 nitrogen and oxygen atoms in total. The molecular formula is C16H24IN3O. The predicted molar refractivity (Wildman–Crippen MR) is 90.8 cm³/mol. The second-order valence-electron chi connectivity index (χ2n) is 6.75. The number of nitrogens with zero attached hydrogens (tertiary/aromatic N) is 2. The third-order valence-electron chi connectivity index (χ3n) is 5.42. The largest absolute Gasteiger partial charge is 0.353 e. The van der Waals surface area contributed by atoms with E-state index in [1.807, 2.05) is 17.8 Å². The van der Waals surface area contributed by atoms with Gasteiger partial charge >= 0.3 is 0 Å². The molecule has 1 heterocycles. The van der Waals surface area contributed by atoms with Gasteiger partial charge in [0.15, 0.2) is 0 Å². The van der Waals surface area contributed by atoms with E-state index < -0.39 is 0 Å². The van der Waals surface area contributed by atoms with Crippen molar-refractivity contribution < 1.29 is 4.79 Å². The first kappa shape index (κ1) is 15.3. The standard InChI is InChI=1S/C16H24IN3O/c1-10(14-8-12-3-4-13(14)7-12)19-16(21)5-6-20-11(2)15(17)9-18-20/h9-10,12-14H,3-8H2,1-2H3,(H,19,21)/t10-,12-,13-,14-/m1/s1. The van der Waals surface area contributed by atoms with Gasteiger partial charge in [0.1, 0.15) is 0 Å². The molecule has 0 unspecified atom stereocenters. The quantitative estimate of drug-likeness (QED) is 0.771. The second-order valence-corrected chi connectivity index (χ2v) is 7.91. The van der Waals surface area contributed by atoms with Crippen molar-refractivity contribution in [3.8, 4) is 0 Å². The molecule has 0 saturated heterocycles. The molecule has 5 heteroatoms. The predicted octanol–water partition coefficient (Wildman–Crippen LogP) is 3.13. The molecule has 1 N–H and O–H groups in total. The number of nitrogens with one attached hydrogen (secondary N) is 1. The van der Waals surface area contributed by atoms with Gasteiger partial charge in [-0.3, -0.25) is 9.48 Å². The molecule has 0 aromatic carbocycles. The van der Waals surface area contributed by atoms with Gasteiger partial charge in [0.25, 0.3) is 0 Å². The van der Waals surface area contributed by atoms with Gasteiger partial charge in [-0.05, 0) is 73.5 Å². The van der Waals surface area contributed by atoms with Gasteiger partial charge < -0.3 is 5.32 Å². The minimum atomic E-state index is 0.162. The van der Waals surface area contributed by atoms with Crippen LogP contribution in [0.15, 0.2) is 6.20 Å². The smallest absolute Gasteiger partial charge is 0.222 e. The second kappa shape index (κ2) is 6.26. The fourth-order valence-corrected chi connectivity index (χ4v) is 4.60. The third kappa shape index (κ3) is 3.27. The number of carbonyl (C=O) groups is 1. The van der Waals surface area contributed by atoms with E-state index in [9.17, 15) is 4.79 Å². The summed E-state index contributed by atoms with van der Waals surface area (Å²) in [6.07, 6.45) is 7.88. The summed E-state index contributed by atoms with van der Waals surface area (Å²) in [5.41, 5.74) is 1.14. The van der Waals surface area contributed by atoms with Crippen molar-refractivity contribution in [3.63, 3.8) is 0 Å². The van der Waals surface area contributed by atoms with Crippen LogP contribution in [0.5, 0.6) is 0 Å². The van der Waals surface area contributed by atoms with E-state index in [0.717, 1.165) is 21.1 Å². The molecule has 2 aliphatic carbocycles. The summed E-state index contributed by atoms with van der Waals surface area (Å²) in [6, 6.07) is 0.326. The molecule has 2 bridgehead atoms. The van der Waals surface area contributed by atoms with Gasteiger partial charge in [-0.1, -0.05) is 6.42 Å². The maximum atomic E-state index is 12.2. The van der Waals surface area contributed by atoms with E-state index in [4.69, 9.17) is 0 Å². The number of rotatable bonds is 5. The summed E-state index contributed by atoms with van der Waals surface area (Å²) in [7, 11) is 0. The highest BCUT2D eigenvalue weighted by molar-refractivity contribution is 14.1. The van der Waals surface area contributed by atoms with Crippen molar-refractivity contribution in [1.82, 2.24) is 15.1 Å². The van der Waals surface area contributed by atoms with Gasteiger partial charge in [-0.2, -0.15) is 5.10 Å². The summed E-state index contributed by atoms with van der Waals surface area (Å²) in [5, 5.41) is 7.53. The number of aryl methyl sites for hydroxylation is 1.